The van der Waals surface area contributed by atoms with Crippen LogP contribution in [0.5, 0.6) is 0 Å². The van der Waals surface area contributed by atoms with E-state index in [1.54, 1.807) is 0 Å². The van der Waals surface area contributed by atoms with E-state index in [9.17, 15) is 0 Å². The van der Waals surface area contributed by atoms with Crippen LogP contribution in [0.25, 0.3) is 10.1 Å². The molecule has 80 valence electrons. The summed E-state index contributed by atoms with van der Waals surface area (Å²) >= 11 is 1.84. The van der Waals surface area contributed by atoms with Gasteiger partial charge in [-0.25, -0.2) is 0 Å². The van der Waals surface area contributed by atoms with Crippen LogP contribution in [0, 0.1) is 0 Å². The molecule has 0 spiro atoms. The largest absolute Gasteiger partial charge is 0.378 e. The summed E-state index contributed by atoms with van der Waals surface area (Å²) in [5.74, 6) is 0. The zero-order valence-corrected chi connectivity index (χ0v) is 10.4. The first kappa shape index (κ1) is 10.3. The van der Waals surface area contributed by atoms with Gasteiger partial charge < -0.3 is 9.80 Å². The maximum Gasteiger partial charge on any atom is 0.0915 e. The minimum absolute atomic E-state index is 1.26. The Labute approximate surface area is 94.7 Å². The highest BCUT2D eigenvalue weighted by Crippen LogP contribution is 2.33. The lowest BCUT2D eigenvalue weighted by molar-refractivity contribution is 1.14. The molecule has 1 aromatic carbocycles. The van der Waals surface area contributed by atoms with Gasteiger partial charge in [-0.1, -0.05) is 6.07 Å². The zero-order valence-electron chi connectivity index (χ0n) is 9.61. The van der Waals surface area contributed by atoms with Crippen molar-refractivity contribution in [3.8, 4) is 0 Å². The van der Waals surface area contributed by atoms with Gasteiger partial charge in [-0.2, -0.15) is 0 Å². The molecule has 2 aromatic rings. The molecule has 0 saturated heterocycles. The second kappa shape index (κ2) is 3.74. The maximum atomic E-state index is 2.24. The highest BCUT2D eigenvalue weighted by Gasteiger charge is 2.04. The molecule has 2 rings (SSSR count). The summed E-state index contributed by atoms with van der Waals surface area (Å²) in [5, 5.41) is 2.63. The number of benzene rings is 1. The van der Waals surface area contributed by atoms with Gasteiger partial charge in [0.05, 0.1) is 5.00 Å². The molecule has 0 N–H and O–H groups in total. The Kier molecular flexibility index (Phi) is 2.57. The summed E-state index contributed by atoms with van der Waals surface area (Å²) in [6.07, 6.45) is 0. The van der Waals surface area contributed by atoms with Gasteiger partial charge in [-0.05, 0) is 23.6 Å². The molecule has 0 fully saturated rings. The Morgan fingerprint density at radius 3 is 2.27 bits per heavy atom. The van der Waals surface area contributed by atoms with Crippen LogP contribution in [-0.2, 0) is 0 Å². The summed E-state index contributed by atoms with van der Waals surface area (Å²) in [6.45, 7) is 0. The van der Waals surface area contributed by atoms with Crippen LogP contribution in [0.2, 0.25) is 0 Å². The fraction of sp³-hybridized carbons (Fsp3) is 0.333. The standard InChI is InChI=1S/C12H16N2S/c1-13(2)10-6-5-9-7-12(14(3)4)15-11(9)8-10/h5-8H,1-4H3. The number of anilines is 2. The zero-order chi connectivity index (χ0) is 11.0. The first-order chi connectivity index (χ1) is 7.08. The third kappa shape index (κ3) is 1.92. The smallest absolute Gasteiger partial charge is 0.0915 e. The van der Waals surface area contributed by atoms with Gasteiger partial charge in [0.2, 0.25) is 0 Å². The number of nitrogens with zero attached hydrogens (tertiary/aromatic N) is 2. The molecule has 0 atom stereocenters. The topological polar surface area (TPSA) is 6.48 Å². The Morgan fingerprint density at radius 2 is 1.67 bits per heavy atom. The van der Waals surface area contributed by atoms with Crippen LogP contribution < -0.4 is 9.80 Å². The summed E-state index contributed by atoms with van der Waals surface area (Å²) < 4.78 is 1.35. The molecule has 0 aliphatic rings. The monoisotopic (exact) mass is 220 g/mol. The lowest BCUT2D eigenvalue weighted by Crippen LogP contribution is -2.07. The Balaban J connectivity index is 2.52. The number of hydrogen-bond acceptors (Lipinski definition) is 3. The van der Waals surface area contributed by atoms with E-state index >= 15 is 0 Å². The normalized spacial score (nSPS) is 10.7. The van der Waals surface area contributed by atoms with Gasteiger partial charge in [0, 0.05) is 38.6 Å². The maximum absolute atomic E-state index is 2.24. The minimum atomic E-state index is 1.26. The van der Waals surface area contributed by atoms with E-state index in [1.807, 2.05) is 11.3 Å². The number of fused-ring (bicyclic) bond motifs is 1. The van der Waals surface area contributed by atoms with Gasteiger partial charge in [-0.15, -0.1) is 11.3 Å². The fourth-order valence-electron chi connectivity index (χ4n) is 1.50. The Hall–Kier alpha value is -1.22. The van der Waals surface area contributed by atoms with Crippen molar-refractivity contribution in [3.63, 3.8) is 0 Å². The van der Waals surface area contributed by atoms with Crippen molar-refractivity contribution in [2.45, 2.75) is 0 Å². The second-order valence-corrected chi connectivity index (χ2v) is 5.16. The third-order valence-electron chi connectivity index (χ3n) is 2.45. The minimum Gasteiger partial charge on any atom is -0.378 e. The summed E-state index contributed by atoms with van der Waals surface area (Å²) in [6, 6.07) is 8.83. The van der Waals surface area contributed by atoms with Crippen LogP contribution in [0.15, 0.2) is 24.3 Å². The van der Waals surface area contributed by atoms with Gasteiger partial charge in [0.15, 0.2) is 0 Å². The van der Waals surface area contributed by atoms with Crippen molar-refractivity contribution in [3.05, 3.63) is 24.3 Å². The number of thiophene rings is 1. The molecule has 0 unspecified atom stereocenters. The molecule has 0 saturated carbocycles. The summed E-state index contributed by atoms with van der Waals surface area (Å²) in [5.41, 5.74) is 1.26. The summed E-state index contributed by atoms with van der Waals surface area (Å²) in [7, 11) is 8.30. The van der Waals surface area contributed by atoms with E-state index < -0.39 is 0 Å². The first-order valence-electron chi connectivity index (χ1n) is 4.96. The van der Waals surface area contributed by atoms with E-state index in [0.717, 1.165) is 0 Å². The lowest BCUT2D eigenvalue weighted by atomic mass is 10.2. The molecule has 2 nitrogen and oxygen atoms in total. The Bertz CT molecular complexity index is 465. The van der Waals surface area contributed by atoms with Crippen molar-refractivity contribution in [2.24, 2.45) is 0 Å². The van der Waals surface area contributed by atoms with Crippen molar-refractivity contribution in [1.29, 1.82) is 0 Å². The van der Waals surface area contributed by atoms with Crippen LogP contribution in [0.1, 0.15) is 0 Å². The molecular formula is C12H16N2S. The van der Waals surface area contributed by atoms with Gasteiger partial charge in [0.1, 0.15) is 0 Å². The molecule has 1 heterocycles. The van der Waals surface area contributed by atoms with Crippen molar-refractivity contribution in [2.75, 3.05) is 38.0 Å². The van der Waals surface area contributed by atoms with E-state index in [4.69, 9.17) is 0 Å². The van der Waals surface area contributed by atoms with Gasteiger partial charge >= 0.3 is 0 Å². The quantitative estimate of drug-likeness (QED) is 0.767. The third-order valence-corrected chi connectivity index (χ3v) is 3.71. The molecular weight excluding hydrogens is 204 g/mol. The average Bonchev–Trinajstić information content (AvgIpc) is 2.59. The number of rotatable bonds is 2. The molecule has 0 aliphatic heterocycles. The van der Waals surface area contributed by atoms with Crippen LogP contribution in [0.3, 0.4) is 0 Å². The first-order valence-corrected chi connectivity index (χ1v) is 5.78. The van der Waals surface area contributed by atoms with Gasteiger partial charge in [0.25, 0.3) is 0 Å². The second-order valence-electron chi connectivity index (χ2n) is 4.10. The molecule has 0 radical (unpaired) electrons. The predicted octanol–water partition coefficient (Wildman–Crippen LogP) is 3.03. The molecule has 15 heavy (non-hydrogen) atoms. The average molecular weight is 220 g/mol. The van der Waals surface area contributed by atoms with Crippen LogP contribution in [-0.4, -0.2) is 28.2 Å². The van der Waals surface area contributed by atoms with Crippen molar-refractivity contribution in [1.82, 2.24) is 0 Å². The molecule has 0 bridgehead atoms. The van der Waals surface area contributed by atoms with E-state index in [-0.39, 0.29) is 0 Å². The molecule has 0 amide bonds. The SMILES string of the molecule is CN(C)c1ccc2cc(N(C)C)sc2c1. The van der Waals surface area contributed by atoms with Crippen molar-refractivity contribution >= 4 is 32.1 Å². The predicted molar refractivity (Wildman–Crippen MR) is 70.5 cm³/mol. The van der Waals surface area contributed by atoms with Gasteiger partial charge in [-0.3, -0.25) is 0 Å². The van der Waals surface area contributed by atoms with Crippen molar-refractivity contribution < 1.29 is 0 Å². The van der Waals surface area contributed by atoms with E-state index in [0.29, 0.717) is 0 Å². The molecule has 0 aliphatic carbocycles. The fourth-order valence-corrected chi connectivity index (χ4v) is 2.52. The molecule has 1 aromatic heterocycles. The van der Waals surface area contributed by atoms with Crippen LogP contribution in [0.4, 0.5) is 10.7 Å². The highest BCUT2D eigenvalue weighted by molar-refractivity contribution is 7.22. The van der Waals surface area contributed by atoms with Crippen LogP contribution >= 0.6 is 11.3 Å². The highest BCUT2D eigenvalue weighted by atomic mass is 32.1. The summed E-state index contributed by atoms with van der Waals surface area (Å²) in [4.78, 5) is 4.29. The van der Waals surface area contributed by atoms with E-state index in [2.05, 4.69) is 62.3 Å². The Morgan fingerprint density at radius 1 is 0.933 bits per heavy atom. The lowest BCUT2D eigenvalue weighted by Gasteiger charge is -2.11. The van der Waals surface area contributed by atoms with E-state index in [1.165, 1.54) is 20.8 Å². The molecule has 3 heteroatoms. The number of hydrogen-bond donors (Lipinski definition) is 0.